The number of hydrogen-bond acceptors (Lipinski definition) is 9. The first-order valence-corrected chi connectivity index (χ1v) is 19.8. The topological polar surface area (TPSA) is 173 Å². The molecule has 0 aliphatic carbocycles. The monoisotopic (exact) mass is 766 g/mol. The van der Waals surface area contributed by atoms with Crippen molar-refractivity contribution in [2.75, 3.05) is 0 Å². The normalized spacial score (nSPS) is 11.2. The van der Waals surface area contributed by atoms with E-state index >= 15 is 0 Å². The van der Waals surface area contributed by atoms with Crippen molar-refractivity contribution in [2.24, 2.45) is 0 Å². The maximum Gasteiger partial charge on any atom is 2.00 e. The van der Waals surface area contributed by atoms with Crippen molar-refractivity contribution in [1.82, 2.24) is 0 Å². The number of benzene rings is 4. The van der Waals surface area contributed by atoms with Gasteiger partial charge in [-0.05, 0) is 85.3 Å². The average Bonchev–Trinajstić information content (AvgIpc) is 3.06. The summed E-state index contributed by atoms with van der Waals surface area (Å²) in [4.78, 5) is -0.491. The molecule has 0 bridgehead atoms. The molecule has 4 aromatic rings. The molecular formula is C38H46CaO10S2. The second-order valence-electron chi connectivity index (χ2n) is 11.9. The molecule has 4 aromatic carbocycles. The average molecular weight is 767 g/mol. The molecule has 0 aliphatic rings. The predicted molar refractivity (Wildman–Crippen MR) is 195 cm³/mol. The maximum absolute atomic E-state index is 11.9. The standard InChI is InChI=1S/2C19H24O5S.Ca/c2*1-2-3-4-5-6-8-15-9-7-10-18(19(15)25(21,22)23)24-17-13-11-16(20)12-14-17;/h2*7,9-14,20H,2-6,8H2,1H3,(H,21,22,23);/q;;+2/p-2. The Morgan fingerprint density at radius 2 is 1.00 bits per heavy atom. The molecule has 0 saturated carbocycles. The van der Waals surface area contributed by atoms with Gasteiger partial charge >= 0.3 is 37.7 Å². The minimum absolute atomic E-state index is 0. The summed E-state index contributed by atoms with van der Waals surface area (Å²) in [5.74, 6) is 0.680. The number of ether oxygens (including phenoxy) is 2. The summed E-state index contributed by atoms with van der Waals surface area (Å²) in [7, 11) is -9.09. The third-order valence-corrected chi connectivity index (χ3v) is 9.79. The summed E-state index contributed by atoms with van der Waals surface area (Å²) in [5, 5.41) is 20.5. The Balaban J connectivity index is 0.000000347. The molecule has 272 valence electrons. The number of aryl methyl sites for hydroxylation is 2. The van der Waals surface area contributed by atoms with E-state index in [2.05, 4.69) is 13.8 Å². The molecule has 0 amide bonds. The van der Waals surface area contributed by atoms with Gasteiger partial charge in [0.15, 0.2) is 0 Å². The van der Waals surface area contributed by atoms with E-state index in [1.165, 1.54) is 60.7 Å². The van der Waals surface area contributed by atoms with Gasteiger partial charge in [0.25, 0.3) is 10.1 Å². The van der Waals surface area contributed by atoms with Gasteiger partial charge in [0.2, 0.25) is 0 Å². The van der Waals surface area contributed by atoms with E-state index in [4.69, 9.17) is 9.47 Å². The summed E-state index contributed by atoms with van der Waals surface area (Å²) < 4.78 is 79.9. The van der Waals surface area contributed by atoms with Gasteiger partial charge in [0.1, 0.15) is 48.7 Å². The van der Waals surface area contributed by atoms with Gasteiger partial charge in [-0.25, -0.2) is 8.42 Å². The molecule has 0 fully saturated rings. The fourth-order valence-corrected chi connectivity index (χ4v) is 7.08. The minimum atomic E-state index is -4.68. The molecule has 13 heteroatoms. The molecule has 51 heavy (non-hydrogen) atoms. The van der Waals surface area contributed by atoms with Gasteiger partial charge in [-0.3, -0.25) is 4.55 Å². The molecule has 0 spiro atoms. The Morgan fingerprint density at radius 1 is 0.588 bits per heavy atom. The second-order valence-corrected chi connectivity index (χ2v) is 14.6. The third-order valence-electron chi connectivity index (χ3n) is 7.84. The molecule has 2 N–H and O–H groups in total. The van der Waals surface area contributed by atoms with Gasteiger partial charge in [0.05, 0.1) is 0 Å². The minimum Gasteiger partial charge on any atom is -0.872 e. The smallest absolute Gasteiger partial charge is 0.872 e. The van der Waals surface area contributed by atoms with E-state index in [-0.39, 0.29) is 70.5 Å². The molecule has 0 heterocycles. The molecule has 0 aromatic heterocycles. The van der Waals surface area contributed by atoms with Crippen LogP contribution in [0.4, 0.5) is 0 Å². The van der Waals surface area contributed by atoms with Crippen LogP contribution in [-0.4, -0.2) is 68.8 Å². The van der Waals surface area contributed by atoms with Gasteiger partial charge in [-0.15, -0.1) is 5.75 Å². The van der Waals surface area contributed by atoms with Crippen molar-refractivity contribution in [3.05, 3.63) is 96.1 Å². The van der Waals surface area contributed by atoms with Crippen LogP contribution >= 0.6 is 0 Å². The zero-order chi connectivity index (χ0) is 36.6. The van der Waals surface area contributed by atoms with Gasteiger partial charge in [0, 0.05) is 0 Å². The zero-order valence-electron chi connectivity index (χ0n) is 29.3. The van der Waals surface area contributed by atoms with E-state index in [1.54, 1.807) is 24.3 Å². The summed E-state index contributed by atoms with van der Waals surface area (Å²) in [6.07, 6.45) is 11.5. The third kappa shape index (κ3) is 15.3. The molecule has 0 unspecified atom stereocenters. The Bertz CT molecular complexity index is 1710. The van der Waals surface area contributed by atoms with Crippen molar-refractivity contribution in [2.45, 2.75) is 101 Å². The van der Waals surface area contributed by atoms with Gasteiger partial charge in [-0.1, -0.05) is 102 Å². The first-order valence-electron chi connectivity index (χ1n) is 16.9. The Labute approximate surface area is 332 Å². The number of unbranched alkanes of at least 4 members (excludes halogenated alkanes) is 8. The molecule has 0 atom stereocenters. The number of phenols is 1. The van der Waals surface area contributed by atoms with Crippen LogP contribution in [0.15, 0.2) is 94.7 Å². The largest absolute Gasteiger partial charge is 2.00 e. The van der Waals surface area contributed by atoms with Gasteiger partial charge < -0.3 is 24.2 Å². The molecule has 4 rings (SSSR count). The summed E-state index contributed by atoms with van der Waals surface area (Å²) >= 11 is 0. The second kappa shape index (κ2) is 22.3. The Hall–Kier alpha value is -2.84. The zero-order valence-corrected chi connectivity index (χ0v) is 33.1. The fourth-order valence-electron chi connectivity index (χ4n) is 5.37. The fraction of sp³-hybridized carbons (Fsp3) is 0.368. The van der Waals surface area contributed by atoms with E-state index < -0.39 is 20.2 Å². The van der Waals surface area contributed by atoms with Crippen molar-refractivity contribution < 1.29 is 45.6 Å². The van der Waals surface area contributed by atoms with Crippen LogP contribution in [0.25, 0.3) is 0 Å². The van der Waals surface area contributed by atoms with E-state index in [1.807, 2.05) is 0 Å². The van der Waals surface area contributed by atoms with Crippen LogP contribution in [-0.2, 0) is 33.1 Å². The van der Waals surface area contributed by atoms with Crippen LogP contribution in [0.5, 0.6) is 34.5 Å². The summed E-state index contributed by atoms with van der Waals surface area (Å²) in [5.41, 5.74) is 1.03. The quantitative estimate of drug-likeness (QED) is 0.0568. The summed E-state index contributed by atoms with van der Waals surface area (Å²) in [6, 6.07) is 21.2. The molecule has 0 aliphatic heterocycles. The SMILES string of the molecule is CCCCCCCc1cccc(Oc2ccc(O)cc2)c1S(=O)(=O)O.CCCCCCCc1cccc(Oc2ccc([O-])cc2)c1S(=O)(=O)[O-].[Ca+2]. The summed E-state index contributed by atoms with van der Waals surface area (Å²) in [6.45, 7) is 4.27. The van der Waals surface area contributed by atoms with E-state index in [9.17, 15) is 36.2 Å². The number of rotatable bonds is 18. The van der Waals surface area contributed by atoms with Crippen molar-refractivity contribution in [1.29, 1.82) is 0 Å². The van der Waals surface area contributed by atoms with Crippen LogP contribution in [0.1, 0.15) is 89.2 Å². The predicted octanol–water partition coefficient (Wildman–Crippen LogP) is 8.53. The molecule has 0 saturated heterocycles. The molecular weight excluding hydrogens is 721 g/mol. The first kappa shape index (κ1) is 44.3. The molecule has 0 radical (unpaired) electrons. The number of hydrogen-bond donors (Lipinski definition) is 2. The van der Waals surface area contributed by atoms with Gasteiger partial charge in [-0.2, -0.15) is 8.42 Å². The molecule has 10 nitrogen and oxygen atoms in total. The first-order chi connectivity index (χ1) is 23.8. The Kier molecular flexibility index (Phi) is 19.4. The van der Waals surface area contributed by atoms with Crippen molar-refractivity contribution >= 4 is 58.0 Å². The van der Waals surface area contributed by atoms with E-state index in [0.717, 1.165) is 64.2 Å². The van der Waals surface area contributed by atoms with Crippen LogP contribution in [0, 0.1) is 0 Å². The van der Waals surface area contributed by atoms with E-state index in [0.29, 0.717) is 35.5 Å². The number of aromatic hydroxyl groups is 1. The maximum atomic E-state index is 11.9. The Morgan fingerprint density at radius 3 is 1.43 bits per heavy atom. The van der Waals surface area contributed by atoms with Crippen LogP contribution in [0.2, 0.25) is 0 Å². The van der Waals surface area contributed by atoms with Crippen LogP contribution < -0.4 is 14.6 Å². The van der Waals surface area contributed by atoms with Crippen LogP contribution in [0.3, 0.4) is 0 Å². The van der Waals surface area contributed by atoms with Crippen molar-refractivity contribution in [3.63, 3.8) is 0 Å². The van der Waals surface area contributed by atoms with Crippen molar-refractivity contribution in [3.8, 4) is 34.5 Å². The number of phenolic OH excluding ortho intramolecular Hbond substituents is 1.